The smallest absolute Gasteiger partial charge is 0.255 e. The largest absolute Gasteiger partial charge is 0.383 e. The minimum Gasteiger partial charge on any atom is -0.383 e. The SMILES string of the molecule is C=C(Cl)/C=C(\C(=C)Cl)C(=O)N1CCNCC1.COCCN. The molecule has 0 bridgehead atoms. The molecule has 1 rings (SSSR count). The van der Waals surface area contributed by atoms with Crippen LogP contribution in [0.2, 0.25) is 0 Å². The molecular formula is C14H23Cl2N3O2. The highest BCUT2D eigenvalue weighted by molar-refractivity contribution is 6.36. The van der Waals surface area contributed by atoms with Crippen LogP contribution >= 0.6 is 23.2 Å². The van der Waals surface area contributed by atoms with Gasteiger partial charge in [-0.25, -0.2) is 0 Å². The molecule has 0 aliphatic carbocycles. The second-order valence-electron chi connectivity index (χ2n) is 4.23. The van der Waals surface area contributed by atoms with Crippen molar-refractivity contribution in [2.24, 2.45) is 5.73 Å². The Labute approximate surface area is 136 Å². The molecule has 0 radical (unpaired) electrons. The van der Waals surface area contributed by atoms with Gasteiger partial charge in [-0.3, -0.25) is 4.79 Å². The molecule has 1 saturated heterocycles. The van der Waals surface area contributed by atoms with Gasteiger partial charge in [0.2, 0.25) is 0 Å². The third-order valence-electron chi connectivity index (χ3n) is 2.55. The Hall–Kier alpha value is -0.850. The van der Waals surface area contributed by atoms with Gasteiger partial charge < -0.3 is 20.7 Å². The van der Waals surface area contributed by atoms with E-state index in [1.54, 1.807) is 12.0 Å². The van der Waals surface area contributed by atoms with E-state index in [4.69, 9.17) is 28.9 Å². The third kappa shape index (κ3) is 8.90. The van der Waals surface area contributed by atoms with Gasteiger partial charge in [0.1, 0.15) is 0 Å². The van der Waals surface area contributed by atoms with Crippen LogP contribution in [0.1, 0.15) is 0 Å². The van der Waals surface area contributed by atoms with Crippen molar-refractivity contribution in [1.29, 1.82) is 0 Å². The van der Waals surface area contributed by atoms with Crippen LogP contribution < -0.4 is 11.1 Å². The fraction of sp³-hybridized carbons (Fsp3) is 0.500. The third-order valence-corrected chi connectivity index (χ3v) is 2.86. The van der Waals surface area contributed by atoms with E-state index in [0.717, 1.165) is 13.1 Å². The molecular weight excluding hydrogens is 313 g/mol. The molecule has 1 aliphatic rings. The van der Waals surface area contributed by atoms with Crippen molar-refractivity contribution < 1.29 is 9.53 Å². The number of hydrogen-bond acceptors (Lipinski definition) is 4. The number of rotatable bonds is 5. The van der Waals surface area contributed by atoms with Crippen molar-refractivity contribution in [3.8, 4) is 0 Å². The standard InChI is InChI=1S/C11H14Cl2N2O.C3H9NO/c1-8(12)7-10(9(2)13)11(16)15-5-3-14-4-6-15;1-5-3-2-4/h7,14H,1-6H2;2-4H2,1H3/b10-7+;. The maximum absolute atomic E-state index is 12.1. The molecule has 0 aromatic carbocycles. The van der Waals surface area contributed by atoms with E-state index in [0.29, 0.717) is 31.8 Å². The van der Waals surface area contributed by atoms with Crippen molar-refractivity contribution >= 4 is 29.1 Å². The quantitative estimate of drug-likeness (QED) is 0.589. The summed E-state index contributed by atoms with van der Waals surface area (Å²) in [5, 5.41) is 3.62. The molecule has 120 valence electrons. The van der Waals surface area contributed by atoms with Crippen LogP contribution in [0.5, 0.6) is 0 Å². The fourth-order valence-corrected chi connectivity index (χ4v) is 1.81. The number of nitrogens with zero attached hydrogens (tertiary/aromatic N) is 1. The predicted octanol–water partition coefficient (Wildman–Crippen LogP) is 1.44. The molecule has 21 heavy (non-hydrogen) atoms. The monoisotopic (exact) mass is 335 g/mol. The first-order chi connectivity index (χ1) is 9.93. The molecule has 0 spiro atoms. The van der Waals surface area contributed by atoms with Crippen molar-refractivity contribution in [1.82, 2.24) is 10.2 Å². The van der Waals surface area contributed by atoms with E-state index in [-0.39, 0.29) is 16.0 Å². The summed E-state index contributed by atoms with van der Waals surface area (Å²) in [5.41, 5.74) is 5.32. The van der Waals surface area contributed by atoms with Crippen LogP contribution in [-0.4, -0.2) is 57.2 Å². The van der Waals surface area contributed by atoms with Gasteiger partial charge in [0, 0.05) is 49.9 Å². The first-order valence-corrected chi connectivity index (χ1v) is 7.29. The van der Waals surface area contributed by atoms with Gasteiger partial charge in [0.05, 0.1) is 12.2 Å². The summed E-state index contributed by atoms with van der Waals surface area (Å²) in [6, 6.07) is 0. The number of methoxy groups -OCH3 is 1. The Balaban J connectivity index is 0.000000690. The summed E-state index contributed by atoms with van der Waals surface area (Å²) in [6.45, 7) is 11.3. The molecule has 1 heterocycles. The van der Waals surface area contributed by atoms with Crippen LogP contribution in [-0.2, 0) is 9.53 Å². The van der Waals surface area contributed by atoms with Gasteiger partial charge in [-0.15, -0.1) is 0 Å². The molecule has 0 aromatic rings. The van der Waals surface area contributed by atoms with Crippen LogP contribution in [0.15, 0.2) is 34.9 Å². The zero-order valence-electron chi connectivity index (χ0n) is 12.3. The first kappa shape index (κ1) is 20.1. The van der Waals surface area contributed by atoms with Crippen LogP contribution in [0.4, 0.5) is 0 Å². The molecule has 0 atom stereocenters. The Morgan fingerprint density at radius 1 is 1.38 bits per heavy atom. The molecule has 0 unspecified atom stereocenters. The van der Waals surface area contributed by atoms with Crippen LogP contribution in [0.25, 0.3) is 0 Å². The number of halogens is 2. The predicted molar refractivity (Wildman–Crippen MR) is 88.4 cm³/mol. The average Bonchev–Trinajstić information content (AvgIpc) is 2.46. The Bertz CT molecular complexity index is 390. The number of nitrogens with two attached hydrogens (primary N) is 1. The molecule has 1 aliphatic heterocycles. The lowest BCUT2D eigenvalue weighted by atomic mass is 10.2. The molecule has 1 fully saturated rings. The zero-order valence-corrected chi connectivity index (χ0v) is 13.8. The van der Waals surface area contributed by atoms with Gasteiger partial charge in [-0.2, -0.15) is 0 Å². The Morgan fingerprint density at radius 3 is 2.29 bits per heavy atom. The lowest BCUT2D eigenvalue weighted by Crippen LogP contribution is -2.46. The molecule has 0 saturated carbocycles. The average molecular weight is 336 g/mol. The molecule has 0 aromatic heterocycles. The number of amides is 1. The summed E-state index contributed by atoms with van der Waals surface area (Å²) in [5.74, 6) is -0.150. The van der Waals surface area contributed by atoms with E-state index < -0.39 is 0 Å². The number of nitrogens with one attached hydrogen (secondary N) is 1. The lowest BCUT2D eigenvalue weighted by Gasteiger charge is -2.28. The summed E-state index contributed by atoms with van der Waals surface area (Å²) in [6.07, 6.45) is 1.45. The number of hydrogen-bond donors (Lipinski definition) is 2. The highest BCUT2D eigenvalue weighted by Crippen LogP contribution is 2.18. The molecule has 7 heteroatoms. The Kier molecular flexibility index (Phi) is 11.3. The summed E-state index contributed by atoms with van der Waals surface area (Å²) in [7, 11) is 1.63. The van der Waals surface area contributed by atoms with Crippen molar-refractivity contribution in [3.05, 3.63) is 34.9 Å². The summed E-state index contributed by atoms with van der Waals surface area (Å²) in [4.78, 5) is 13.8. The van der Waals surface area contributed by atoms with Gasteiger partial charge in [-0.1, -0.05) is 36.4 Å². The van der Waals surface area contributed by atoms with Gasteiger partial charge in [0.25, 0.3) is 5.91 Å². The fourth-order valence-electron chi connectivity index (χ4n) is 1.57. The number of allylic oxidation sites excluding steroid dienone is 2. The highest BCUT2D eigenvalue weighted by atomic mass is 35.5. The minimum atomic E-state index is -0.150. The number of piperazine rings is 1. The summed E-state index contributed by atoms with van der Waals surface area (Å²) < 4.78 is 4.57. The van der Waals surface area contributed by atoms with Crippen LogP contribution in [0, 0.1) is 0 Å². The van der Waals surface area contributed by atoms with Crippen LogP contribution in [0.3, 0.4) is 0 Å². The van der Waals surface area contributed by atoms with Gasteiger partial charge in [-0.05, 0) is 6.08 Å². The molecule has 1 amide bonds. The second kappa shape index (κ2) is 11.8. The lowest BCUT2D eigenvalue weighted by molar-refractivity contribution is -0.127. The van der Waals surface area contributed by atoms with Gasteiger partial charge in [0.15, 0.2) is 0 Å². The van der Waals surface area contributed by atoms with Gasteiger partial charge >= 0.3 is 0 Å². The summed E-state index contributed by atoms with van der Waals surface area (Å²) >= 11 is 11.4. The van der Waals surface area contributed by atoms with Crippen molar-refractivity contribution in [2.45, 2.75) is 0 Å². The topological polar surface area (TPSA) is 67.6 Å². The van der Waals surface area contributed by atoms with Crippen molar-refractivity contribution in [3.63, 3.8) is 0 Å². The van der Waals surface area contributed by atoms with E-state index in [1.807, 2.05) is 0 Å². The number of carbonyl (C=O) groups is 1. The molecule has 5 nitrogen and oxygen atoms in total. The van der Waals surface area contributed by atoms with Crippen molar-refractivity contribution in [2.75, 3.05) is 46.4 Å². The highest BCUT2D eigenvalue weighted by Gasteiger charge is 2.21. The van der Waals surface area contributed by atoms with E-state index >= 15 is 0 Å². The van der Waals surface area contributed by atoms with E-state index in [9.17, 15) is 4.79 Å². The maximum Gasteiger partial charge on any atom is 0.255 e. The normalized spacial score (nSPS) is 15.0. The first-order valence-electron chi connectivity index (χ1n) is 6.53. The molecule has 3 N–H and O–H groups in total. The minimum absolute atomic E-state index is 0.150. The zero-order chi connectivity index (χ0) is 16.3. The second-order valence-corrected chi connectivity index (χ2v) is 5.18. The number of carbonyl (C=O) groups excluding carboxylic acids is 1. The van der Waals surface area contributed by atoms with E-state index in [1.165, 1.54) is 6.08 Å². The van der Waals surface area contributed by atoms with E-state index in [2.05, 4.69) is 23.2 Å². The number of ether oxygens (including phenoxy) is 1. The maximum atomic E-state index is 12.1. The Morgan fingerprint density at radius 2 is 1.95 bits per heavy atom.